The molecule has 1 saturated heterocycles. The van der Waals surface area contributed by atoms with E-state index in [-0.39, 0.29) is 5.82 Å². The van der Waals surface area contributed by atoms with Gasteiger partial charge in [-0.05, 0) is 73.3 Å². The van der Waals surface area contributed by atoms with Crippen LogP contribution in [0.3, 0.4) is 0 Å². The first-order valence-corrected chi connectivity index (χ1v) is 15.0. The van der Waals surface area contributed by atoms with E-state index in [9.17, 15) is 12.8 Å². The summed E-state index contributed by atoms with van der Waals surface area (Å²) in [5, 5.41) is 9.44. The zero-order valence-corrected chi connectivity index (χ0v) is 22.6. The number of hydrogen-bond donors (Lipinski definition) is 0. The smallest absolute Gasteiger partial charge is 0.243 e. The first kappa shape index (κ1) is 26.3. The van der Waals surface area contributed by atoms with Crippen LogP contribution < -0.4 is 0 Å². The Bertz CT molecular complexity index is 1320. The maximum absolute atomic E-state index is 13.2. The molecule has 2 aromatic carbocycles. The Morgan fingerprint density at radius 1 is 0.973 bits per heavy atom. The minimum atomic E-state index is -3.48. The van der Waals surface area contributed by atoms with Crippen molar-refractivity contribution < 1.29 is 17.5 Å². The molecule has 8 nitrogen and oxygen atoms in total. The Labute approximate surface area is 221 Å². The molecule has 0 spiro atoms. The van der Waals surface area contributed by atoms with Crippen LogP contribution in [0.4, 0.5) is 4.39 Å². The normalized spacial score (nSPS) is 17.5. The number of halogens is 1. The van der Waals surface area contributed by atoms with Gasteiger partial charge in [-0.15, -0.1) is 10.2 Å². The van der Waals surface area contributed by atoms with Gasteiger partial charge >= 0.3 is 0 Å². The molecule has 37 heavy (non-hydrogen) atoms. The van der Waals surface area contributed by atoms with Crippen molar-refractivity contribution in [3.8, 4) is 11.4 Å². The summed E-state index contributed by atoms with van der Waals surface area (Å²) in [4.78, 5) is 2.85. The molecule has 0 saturated carbocycles. The van der Waals surface area contributed by atoms with Crippen LogP contribution in [0.5, 0.6) is 0 Å². The number of nitrogens with zero attached hydrogens (tertiary/aromatic N) is 5. The van der Waals surface area contributed by atoms with E-state index in [1.54, 1.807) is 30.0 Å². The van der Waals surface area contributed by atoms with Crippen LogP contribution in [0.25, 0.3) is 11.4 Å². The molecule has 1 fully saturated rings. The highest BCUT2D eigenvalue weighted by atomic mass is 32.2. The van der Waals surface area contributed by atoms with Gasteiger partial charge in [0.2, 0.25) is 10.0 Å². The van der Waals surface area contributed by atoms with Gasteiger partial charge in [-0.25, -0.2) is 12.8 Å². The van der Waals surface area contributed by atoms with Gasteiger partial charge in [-0.2, -0.15) is 4.31 Å². The topological polar surface area (TPSA) is 80.6 Å². The largest absolute Gasteiger partial charge is 0.379 e. The molecular weight excluding hydrogens is 513 g/mol. The second kappa shape index (κ2) is 11.6. The summed E-state index contributed by atoms with van der Waals surface area (Å²) >= 11 is 1.67. The highest BCUT2D eigenvalue weighted by Gasteiger charge is 2.27. The highest BCUT2D eigenvalue weighted by Crippen LogP contribution is 2.25. The Morgan fingerprint density at radius 3 is 2.46 bits per heavy atom. The number of ether oxygens (including phenoxy) is 1. The van der Waals surface area contributed by atoms with Crippen LogP contribution >= 0.6 is 11.8 Å². The van der Waals surface area contributed by atoms with Gasteiger partial charge in [-0.3, -0.25) is 0 Å². The number of thioether (sulfide) groups is 1. The molecule has 5 rings (SSSR count). The Morgan fingerprint density at radius 2 is 1.70 bits per heavy atom. The van der Waals surface area contributed by atoms with Crippen LogP contribution in [0.15, 0.2) is 52.5 Å². The molecule has 0 atom stereocenters. The zero-order chi connectivity index (χ0) is 25.8. The molecule has 0 radical (unpaired) electrons. The lowest BCUT2D eigenvalue weighted by Gasteiger charge is -2.26. The summed E-state index contributed by atoms with van der Waals surface area (Å²) in [5.41, 5.74) is 3.22. The molecule has 0 bridgehead atoms. The van der Waals surface area contributed by atoms with Crippen LogP contribution in [-0.4, -0.2) is 84.1 Å². The van der Waals surface area contributed by atoms with E-state index < -0.39 is 10.0 Å². The van der Waals surface area contributed by atoms with Crippen molar-refractivity contribution in [3.05, 3.63) is 59.4 Å². The van der Waals surface area contributed by atoms with Gasteiger partial charge < -0.3 is 14.2 Å². The fourth-order valence-corrected chi connectivity index (χ4v) is 7.10. The zero-order valence-electron chi connectivity index (χ0n) is 21.0. The van der Waals surface area contributed by atoms with Crippen molar-refractivity contribution in [1.82, 2.24) is 24.0 Å². The Balaban J connectivity index is 1.13. The van der Waals surface area contributed by atoms with Crippen molar-refractivity contribution in [2.24, 2.45) is 7.05 Å². The lowest BCUT2D eigenvalue weighted by molar-refractivity contribution is 0.0730. The summed E-state index contributed by atoms with van der Waals surface area (Å²) in [6, 6.07) is 11.9. The van der Waals surface area contributed by atoms with Gasteiger partial charge in [0.15, 0.2) is 11.0 Å². The minimum Gasteiger partial charge on any atom is -0.379 e. The second-order valence-electron chi connectivity index (χ2n) is 9.36. The van der Waals surface area contributed by atoms with E-state index >= 15 is 0 Å². The first-order valence-electron chi connectivity index (χ1n) is 12.6. The van der Waals surface area contributed by atoms with E-state index in [0.29, 0.717) is 31.2 Å². The van der Waals surface area contributed by atoms with Crippen LogP contribution in [0.2, 0.25) is 0 Å². The third kappa shape index (κ3) is 6.06. The van der Waals surface area contributed by atoms with Crippen molar-refractivity contribution in [2.45, 2.75) is 29.3 Å². The van der Waals surface area contributed by atoms with Crippen LogP contribution in [0.1, 0.15) is 17.5 Å². The summed E-state index contributed by atoms with van der Waals surface area (Å²) < 4.78 is 48.1. The van der Waals surface area contributed by atoms with E-state index in [4.69, 9.17) is 4.74 Å². The van der Waals surface area contributed by atoms with Crippen molar-refractivity contribution in [3.63, 3.8) is 0 Å². The maximum atomic E-state index is 13.2. The van der Waals surface area contributed by atoms with E-state index in [1.165, 1.54) is 22.0 Å². The first-order chi connectivity index (χ1) is 17.9. The van der Waals surface area contributed by atoms with Gasteiger partial charge in [0.05, 0.1) is 18.1 Å². The van der Waals surface area contributed by atoms with E-state index in [1.807, 2.05) is 23.7 Å². The summed E-state index contributed by atoms with van der Waals surface area (Å²) in [6.07, 6.45) is 2.78. The Hall–Kier alpha value is -2.31. The lowest BCUT2D eigenvalue weighted by atomic mass is 10.0. The monoisotopic (exact) mass is 545 g/mol. The van der Waals surface area contributed by atoms with Gasteiger partial charge in [0.1, 0.15) is 5.82 Å². The van der Waals surface area contributed by atoms with Gasteiger partial charge in [0, 0.05) is 44.5 Å². The van der Waals surface area contributed by atoms with Crippen molar-refractivity contribution in [2.75, 3.05) is 51.7 Å². The van der Waals surface area contributed by atoms with E-state index in [2.05, 4.69) is 15.1 Å². The summed E-state index contributed by atoms with van der Waals surface area (Å²) in [7, 11) is -1.55. The molecule has 0 unspecified atom stereocenters. The predicted molar refractivity (Wildman–Crippen MR) is 142 cm³/mol. The Kier molecular flexibility index (Phi) is 8.25. The molecule has 2 aliphatic rings. The fourth-order valence-electron chi connectivity index (χ4n) is 4.81. The molecular formula is C26H32FN5O3S2. The highest BCUT2D eigenvalue weighted by molar-refractivity contribution is 7.99. The third-order valence-electron chi connectivity index (χ3n) is 6.97. The summed E-state index contributed by atoms with van der Waals surface area (Å²) in [5.74, 6) is 1.37. The molecule has 0 amide bonds. The van der Waals surface area contributed by atoms with Crippen molar-refractivity contribution in [1.29, 1.82) is 0 Å². The second-order valence-corrected chi connectivity index (χ2v) is 12.4. The molecule has 3 aromatic rings. The lowest BCUT2D eigenvalue weighted by Crippen LogP contribution is -2.40. The number of fused-ring (bicyclic) bond motifs is 1. The maximum Gasteiger partial charge on any atom is 0.243 e. The number of hydrogen-bond acceptors (Lipinski definition) is 7. The quantitative estimate of drug-likeness (QED) is 0.318. The van der Waals surface area contributed by atoms with E-state index in [0.717, 1.165) is 66.8 Å². The van der Waals surface area contributed by atoms with Gasteiger partial charge in [-0.1, -0.05) is 17.8 Å². The molecule has 0 N–H and O–H groups in total. The standard InChI is InChI=1S/C26H32FN5O3S2/c1-30-25(21-3-6-23(27)7-4-21)28-29-26(30)36-18-2-11-31-12-9-20-5-8-24(19-22(20)10-13-31)37(33,34)32-14-16-35-17-15-32/h3-8,19H,2,9-18H2,1H3. The number of morpholine rings is 1. The average molecular weight is 546 g/mol. The number of sulfonamides is 1. The molecule has 2 aliphatic heterocycles. The average Bonchev–Trinajstić information content (AvgIpc) is 3.15. The number of benzene rings is 2. The minimum absolute atomic E-state index is 0.268. The predicted octanol–water partition coefficient (Wildman–Crippen LogP) is 3.23. The van der Waals surface area contributed by atoms with Crippen LogP contribution in [0, 0.1) is 5.82 Å². The molecule has 11 heteroatoms. The number of aromatic nitrogens is 3. The van der Waals surface area contributed by atoms with Crippen molar-refractivity contribution >= 4 is 21.8 Å². The number of rotatable bonds is 8. The molecule has 198 valence electrons. The molecule has 1 aromatic heterocycles. The van der Waals surface area contributed by atoms with Gasteiger partial charge in [0.25, 0.3) is 0 Å². The third-order valence-corrected chi connectivity index (χ3v) is 9.97. The van der Waals surface area contributed by atoms with Crippen LogP contribution in [-0.2, 0) is 34.6 Å². The fraction of sp³-hybridized carbons (Fsp3) is 0.462. The SMILES string of the molecule is Cn1c(SCCCN2CCc3ccc(S(=O)(=O)N4CCOCC4)cc3CC2)nnc1-c1ccc(F)cc1. The molecule has 3 heterocycles. The molecule has 0 aliphatic carbocycles. The summed E-state index contributed by atoms with van der Waals surface area (Å²) in [6.45, 7) is 4.57.